The van der Waals surface area contributed by atoms with E-state index in [-0.39, 0.29) is 0 Å². The van der Waals surface area contributed by atoms with Crippen LogP contribution >= 0.6 is 0 Å². The van der Waals surface area contributed by atoms with Gasteiger partial charge in [0.1, 0.15) is 0 Å². The average molecular weight is 256 g/mol. The fourth-order valence-corrected chi connectivity index (χ4v) is 3.30. The van der Waals surface area contributed by atoms with Gasteiger partial charge in [0.05, 0.1) is 5.60 Å². The smallest absolute Gasteiger partial charge is 0.0869 e. The van der Waals surface area contributed by atoms with Gasteiger partial charge in [-0.25, -0.2) is 0 Å². The Balaban J connectivity index is 2.45. The second-order valence-electron chi connectivity index (χ2n) is 6.91. The van der Waals surface area contributed by atoms with Crippen LogP contribution < -0.4 is 5.32 Å². The Morgan fingerprint density at radius 2 is 1.89 bits per heavy atom. The lowest BCUT2D eigenvalue weighted by Gasteiger charge is -2.37. The summed E-state index contributed by atoms with van der Waals surface area (Å²) in [5, 5.41) is 14.0. The molecule has 1 aliphatic rings. The zero-order valence-electron chi connectivity index (χ0n) is 12.9. The molecule has 1 rings (SSSR count). The van der Waals surface area contributed by atoms with E-state index >= 15 is 0 Å². The van der Waals surface area contributed by atoms with Gasteiger partial charge < -0.3 is 15.3 Å². The summed E-state index contributed by atoms with van der Waals surface area (Å²) in [7, 11) is 4.01. The Kier molecular flexibility index (Phi) is 6.09. The van der Waals surface area contributed by atoms with Crippen LogP contribution in [0.4, 0.5) is 0 Å². The summed E-state index contributed by atoms with van der Waals surface area (Å²) in [6, 6.07) is 0.590. The third-order valence-electron chi connectivity index (χ3n) is 4.08. The van der Waals surface area contributed by atoms with Crippen LogP contribution in [0.25, 0.3) is 0 Å². The summed E-state index contributed by atoms with van der Waals surface area (Å²) in [6.07, 6.45) is 5.30. The molecule has 0 aliphatic heterocycles. The molecule has 0 heterocycles. The Morgan fingerprint density at radius 3 is 2.44 bits per heavy atom. The summed E-state index contributed by atoms with van der Waals surface area (Å²) < 4.78 is 0. The molecule has 1 saturated carbocycles. The standard InChI is InChI=1S/C15H32N2O/c1-12(2)13-8-6-7-9-14(13)16-10-15(3,18)11-17(4)5/h12-14,16,18H,6-11H2,1-5H3. The molecule has 0 aromatic rings. The molecule has 0 amide bonds. The Hall–Kier alpha value is -0.120. The monoisotopic (exact) mass is 256 g/mol. The lowest BCUT2D eigenvalue weighted by atomic mass is 9.77. The summed E-state index contributed by atoms with van der Waals surface area (Å²) >= 11 is 0. The van der Waals surface area contributed by atoms with Crippen LogP contribution in [0, 0.1) is 11.8 Å². The third kappa shape index (κ3) is 5.25. The second-order valence-corrected chi connectivity index (χ2v) is 6.91. The van der Waals surface area contributed by atoms with Crippen LogP contribution in [0.1, 0.15) is 46.5 Å². The van der Waals surface area contributed by atoms with Crippen LogP contribution in [0.5, 0.6) is 0 Å². The van der Waals surface area contributed by atoms with Gasteiger partial charge in [-0.1, -0.05) is 26.7 Å². The molecule has 3 heteroatoms. The van der Waals surface area contributed by atoms with Crippen molar-refractivity contribution in [1.82, 2.24) is 10.2 Å². The molecule has 0 aromatic carbocycles. The van der Waals surface area contributed by atoms with Crippen molar-refractivity contribution in [3.63, 3.8) is 0 Å². The Bertz CT molecular complexity index is 239. The van der Waals surface area contributed by atoms with Gasteiger partial charge in [-0.3, -0.25) is 0 Å². The molecular weight excluding hydrogens is 224 g/mol. The molecule has 0 aromatic heterocycles. The number of nitrogens with one attached hydrogen (secondary N) is 1. The summed E-state index contributed by atoms with van der Waals surface area (Å²) in [4.78, 5) is 2.04. The number of nitrogens with zero attached hydrogens (tertiary/aromatic N) is 1. The number of hydrogen-bond acceptors (Lipinski definition) is 3. The molecule has 1 aliphatic carbocycles. The summed E-state index contributed by atoms with van der Waals surface area (Å²) in [6.45, 7) is 7.97. The van der Waals surface area contributed by atoms with Crippen LogP contribution in [0.15, 0.2) is 0 Å². The van der Waals surface area contributed by atoms with Crippen LogP contribution in [0.3, 0.4) is 0 Å². The zero-order valence-corrected chi connectivity index (χ0v) is 12.9. The van der Waals surface area contributed by atoms with Crippen LogP contribution in [-0.2, 0) is 0 Å². The highest BCUT2D eigenvalue weighted by Crippen LogP contribution is 2.30. The minimum absolute atomic E-state index is 0.590. The van der Waals surface area contributed by atoms with Gasteiger partial charge in [0.15, 0.2) is 0 Å². The first-order chi connectivity index (χ1) is 8.32. The average Bonchev–Trinajstić information content (AvgIpc) is 2.25. The largest absolute Gasteiger partial charge is 0.388 e. The molecule has 0 spiro atoms. The molecule has 3 nitrogen and oxygen atoms in total. The molecule has 3 atom stereocenters. The van der Waals surface area contributed by atoms with Crippen molar-refractivity contribution < 1.29 is 5.11 Å². The predicted molar refractivity (Wildman–Crippen MR) is 77.8 cm³/mol. The highest BCUT2D eigenvalue weighted by molar-refractivity contribution is 4.86. The molecule has 3 unspecified atom stereocenters. The van der Waals surface area contributed by atoms with Gasteiger partial charge in [0.2, 0.25) is 0 Å². The van der Waals surface area contributed by atoms with Crippen LogP contribution in [-0.4, -0.2) is 48.8 Å². The lowest BCUT2D eigenvalue weighted by molar-refractivity contribution is 0.0261. The molecule has 18 heavy (non-hydrogen) atoms. The fourth-order valence-electron chi connectivity index (χ4n) is 3.30. The third-order valence-corrected chi connectivity index (χ3v) is 4.08. The number of hydrogen-bond donors (Lipinski definition) is 2. The van der Waals surface area contributed by atoms with Gasteiger partial charge in [0, 0.05) is 19.1 Å². The molecule has 1 fully saturated rings. The number of likely N-dealkylation sites (N-methyl/N-ethyl adjacent to an activating group) is 1. The van der Waals surface area contributed by atoms with E-state index in [4.69, 9.17) is 0 Å². The quantitative estimate of drug-likeness (QED) is 0.764. The first-order valence-corrected chi connectivity index (χ1v) is 7.42. The van der Waals surface area contributed by atoms with Crippen molar-refractivity contribution in [2.45, 2.75) is 58.1 Å². The molecule has 0 saturated heterocycles. The van der Waals surface area contributed by atoms with Gasteiger partial charge in [-0.2, -0.15) is 0 Å². The molecule has 2 N–H and O–H groups in total. The predicted octanol–water partition coefficient (Wildman–Crippen LogP) is 2.10. The van der Waals surface area contributed by atoms with Crippen molar-refractivity contribution in [3.05, 3.63) is 0 Å². The topological polar surface area (TPSA) is 35.5 Å². The molecular formula is C15H32N2O. The molecule has 0 bridgehead atoms. The maximum atomic E-state index is 10.3. The van der Waals surface area contributed by atoms with Crippen LogP contribution in [0.2, 0.25) is 0 Å². The minimum atomic E-state index is -0.636. The highest BCUT2D eigenvalue weighted by Gasteiger charge is 2.29. The van der Waals surface area contributed by atoms with Gasteiger partial charge in [0.25, 0.3) is 0 Å². The van der Waals surface area contributed by atoms with Crippen molar-refractivity contribution in [2.75, 3.05) is 27.2 Å². The second kappa shape index (κ2) is 6.88. The van der Waals surface area contributed by atoms with E-state index in [1.807, 2.05) is 25.9 Å². The van der Waals surface area contributed by atoms with E-state index in [1.54, 1.807) is 0 Å². The van der Waals surface area contributed by atoms with E-state index in [1.165, 1.54) is 25.7 Å². The Labute approximate surface area is 113 Å². The summed E-state index contributed by atoms with van der Waals surface area (Å²) in [5.74, 6) is 1.51. The lowest BCUT2D eigenvalue weighted by Crippen LogP contribution is -2.51. The van der Waals surface area contributed by atoms with E-state index in [2.05, 4.69) is 19.2 Å². The van der Waals surface area contributed by atoms with Crippen molar-refractivity contribution in [2.24, 2.45) is 11.8 Å². The zero-order chi connectivity index (χ0) is 13.8. The van der Waals surface area contributed by atoms with E-state index in [0.717, 1.165) is 11.8 Å². The Morgan fingerprint density at radius 1 is 1.28 bits per heavy atom. The van der Waals surface area contributed by atoms with Gasteiger partial charge >= 0.3 is 0 Å². The minimum Gasteiger partial charge on any atom is -0.388 e. The van der Waals surface area contributed by atoms with Gasteiger partial charge in [-0.15, -0.1) is 0 Å². The molecule has 0 radical (unpaired) electrons. The first kappa shape index (κ1) is 15.9. The van der Waals surface area contributed by atoms with E-state index < -0.39 is 5.60 Å². The maximum absolute atomic E-state index is 10.3. The first-order valence-electron chi connectivity index (χ1n) is 7.42. The normalized spacial score (nSPS) is 28.7. The number of aliphatic hydroxyl groups is 1. The van der Waals surface area contributed by atoms with E-state index in [0.29, 0.717) is 19.1 Å². The fraction of sp³-hybridized carbons (Fsp3) is 1.00. The maximum Gasteiger partial charge on any atom is 0.0869 e. The number of rotatable bonds is 6. The van der Waals surface area contributed by atoms with E-state index in [9.17, 15) is 5.11 Å². The van der Waals surface area contributed by atoms with Crippen molar-refractivity contribution in [3.8, 4) is 0 Å². The summed E-state index contributed by atoms with van der Waals surface area (Å²) in [5.41, 5.74) is -0.636. The van der Waals surface area contributed by atoms with Crippen molar-refractivity contribution >= 4 is 0 Å². The van der Waals surface area contributed by atoms with Gasteiger partial charge in [-0.05, 0) is 45.7 Å². The van der Waals surface area contributed by atoms with Crippen molar-refractivity contribution in [1.29, 1.82) is 0 Å². The highest BCUT2D eigenvalue weighted by atomic mass is 16.3. The molecule has 108 valence electrons. The SMILES string of the molecule is CC(C)C1CCCCC1NCC(C)(O)CN(C)C.